The average Bonchev–Trinajstić information content (AvgIpc) is 3.25. The number of hydrogen-bond acceptors (Lipinski definition) is 8. The molecule has 0 spiro atoms. The van der Waals surface area contributed by atoms with E-state index in [-0.39, 0.29) is 10.7 Å². The van der Waals surface area contributed by atoms with E-state index >= 15 is 0 Å². The lowest BCUT2D eigenvalue weighted by atomic mass is 10.1. The number of carbonyl (C=O) groups excluding carboxylic acids is 1. The van der Waals surface area contributed by atoms with Gasteiger partial charge in [0, 0.05) is 11.5 Å². The highest BCUT2D eigenvalue weighted by atomic mass is 35.5. The van der Waals surface area contributed by atoms with E-state index in [1.807, 2.05) is 18.2 Å². The highest BCUT2D eigenvalue weighted by Crippen LogP contribution is 2.29. The summed E-state index contributed by atoms with van der Waals surface area (Å²) in [6, 6.07) is 16.5. The molecule has 4 rings (SSSR count). The van der Waals surface area contributed by atoms with Gasteiger partial charge in [0.1, 0.15) is 0 Å². The molecule has 2 heterocycles. The summed E-state index contributed by atoms with van der Waals surface area (Å²) in [6.07, 6.45) is 1.45. The third-order valence-corrected chi connectivity index (χ3v) is 7.86. The van der Waals surface area contributed by atoms with Crippen molar-refractivity contribution < 1.29 is 4.79 Å². The van der Waals surface area contributed by atoms with Crippen molar-refractivity contribution in [2.24, 2.45) is 0 Å². The van der Waals surface area contributed by atoms with Gasteiger partial charge in [-0.15, -0.1) is 10.2 Å². The Kier molecular flexibility index (Phi) is 7.97. The van der Waals surface area contributed by atoms with E-state index in [1.54, 1.807) is 11.8 Å². The van der Waals surface area contributed by atoms with E-state index in [0.29, 0.717) is 16.0 Å². The summed E-state index contributed by atoms with van der Waals surface area (Å²) in [5, 5.41) is 12.0. The number of halogens is 1. The number of amides is 1. The van der Waals surface area contributed by atoms with Crippen LogP contribution in [0.25, 0.3) is 0 Å². The van der Waals surface area contributed by atoms with Crippen molar-refractivity contribution in [3.8, 4) is 0 Å². The van der Waals surface area contributed by atoms with Gasteiger partial charge in [0.05, 0.1) is 11.2 Å². The molecule has 1 N–H and O–H groups in total. The van der Waals surface area contributed by atoms with Gasteiger partial charge in [-0.1, -0.05) is 101 Å². The second kappa shape index (κ2) is 11.1. The fourth-order valence-corrected chi connectivity index (χ4v) is 5.67. The van der Waals surface area contributed by atoms with Crippen LogP contribution in [0.4, 0.5) is 5.13 Å². The highest BCUT2D eigenvalue weighted by molar-refractivity contribution is 8.00. The lowest BCUT2D eigenvalue weighted by Crippen LogP contribution is -2.15. The summed E-state index contributed by atoms with van der Waals surface area (Å²) < 4.78 is 0.773. The molecule has 2 aromatic heterocycles. The maximum Gasteiger partial charge on any atom is 0.277 e. The molecule has 10 heteroatoms. The predicted molar refractivity (Wildman–Crippen MR) is 136 cm³/mol. The molecule has 0 bridgehead atoms. The average molecular weight is 514 g/mol. The first-order chi connectivity index (χ1) is 16.0. The van der Waals surface area contributed by atoms with Crippen LogP contribution in [0, 0.1) is 13.8 Å². The Morgan fingerprint density at radius 1 is 1.06 bits per heavy atom. The van der Waals surface area contributed by atoms with E-state index < -0.39 is 5.91 Å². The van der Waals surface area contributed by atoms with Crippen molar-refractivity contribution in [2.45, 2.75) is 34.8 Å². The molecular formula is C23H20ClN5OS3. The Balaban J connectivity index is 1.38. The number of benzene rings is 2. The van der Waals surface area contributed by atoms with Crippen LogP contribution < -0.4 is 5.32 Å². The molecular weight excluding hydrogens is 494 g/mol. The van der Waals surface area contributed by atoms with Gasteiger partial charge in [-0.3, -0.25) is 10.1 Å². The lowest BCUT2D eigenvalue weighted by molar-refractivity contribution is 0.102. The monoisotopic (exact) mass is 513 g/mol. The molecule has 0 aliphatic heterocycles. The van der Waals surface area contributed by atoms with Crippen LogP contribution in [0.3, 0.4) is 0 Å². The van der Waals surface area contributed by atoms with E-state index in [1.165, 1.54) is 51.5 Å². The molecule has 2 aromatic carbocycles. The van der Waals surface area contributed by atoms with Crippen LogP contribution in [-0.4, -0.2) is 26.1 Å². The minimum absolute atomic E-state index is 0.114. The standard InChI is InChI=1S/C23H20ClN5OS3/c1-14-6-5-8-16(10-14)12-32-23-29-28-22(33-23)27-20(30)19-18(24)11-25-21(26-19)31-13-17-9-4-3-7-15(17)2/h3-11H,12-13H2,1-2H3,(H,27,28,30). The highest BCUT2D eigenvalue weighted by Gasteiger charge is 2.17. The summed E-state index contributed by atoms with van der Waals surface area (Å²) in [7, 11) is 0. The van der Waals surface area contributed by atoms with Gasteiger partial charge in [-0.2, -0.15) is 0 Å². The summed E-state index contributed by atoms with van der Waals surface area (Å²) in [6.45, 7) is 4.13. The number of rotatable bonds is 8. The van der Waals surface area contributed by atoms with Gasteiger partial charge >= 0.3 is 0 Å². The van der Waals surface area contributed by atoms with Gasteiger partial charge in [-0.05, 0) is 30.5 Å². The number of hydrogen-bond donors (Lipinski definition) is 1. The van der Waals surface area contributed by atoms with Crippen molar-refractivity contribution >= 4 is 57.5 Å². The Morgan fingerprint density at radius 2 is 1.91 bits per heavy atom. The van der Waals surface area contributed by atoms with Crippen LogP contribution in [0.5, 0.6) is 0 Å². The number of nitrogens with one attached hydrogen (secondary N) is 1. The van der Waals surface area contributed by atoms with Crippen molar-refractivity contribution in [3.05, 3.63) is 87.7 Å². The third kappa shape index (κ3) is 6.54. The van der Waals surface area contributed by atoms with Crippen LogP contribution in [0.1, 0.15) is 32.7 Å². The van der Waals surface area contributed by atoms with Gasteiger partial charge < -0.3 is 0 Å². The number of nitrogens with zero attached hydrogens (tertiary/aromatic N) is 4. The first kappa shape index (κ1) is 23.7. The Morgan fingerprint density at radius 3 is 2.73 bits per heavy atom. The third-order valence-electron chi connectivity index (χ3n) is 4.63. The molecule has 0 radical (unpaired) electrons. The minimum Gasteiger partial charge on any atom is -0.295 e. The van der Waals surface area contributed by atoms with Gasteiger partial charge in [-0.25, -0.2) is 9.97 Å². The molecule has 0 saturated carbocycles. The van der Waals surface area contributed by atoms with E-state index in [9.17, 15) is 4.79 Å². The quantitative estimate of drug-likeness (QED) is 0.165. The summed E-state index contributed by atoms with van der Waals surface area (Å²) in [5.41, 5.74) is 4.93. The molecule has 4 aromatic rings. The molecule has 1 amide bonds. The number of anilines is 1. The maximum absolute atomic E-state index is 12.8. The van der Waals surface area contributed by atoms with Crippen LogP contribution in [0.15, 0.2) is 64.2 Å². The molecule has 0 saturated heterocycles. The Hall–Kier alpha value is -2.46. The molecule has 0 unspecified atom stereocenters. The lowest BCUT2D eigenvalue weighted by Gasteiger charge is -2.07. The van der Waals surface area contributed by atoms with Crippen molar-refractivity contribution in [1.82, 2.24) is 20.2 Å². The van der Waals surface area contributed by atoms with Gasteiger partial charge in [0.25, 0.3) is 5.91 Å². The molecule has 0 aliphatic rings. The topological polar surface area (TPSA) is 80.7 Å². The zero-order valence-corrected chi connectivity index (χ0v) is 21.1. The number of aromatic nitrogens is 4. The molecule has 6 nitrogen and oxygen atoms in total. The maximum atomic E-state index is 12.8. The summed E-state index contributed by atoms with van der Waals surface area (Å²) in [5.74, 6) is 1.04. The van der Waals surface area contributed by atoms with E-state index in [2.05, 4.69) is 69.7 Å². The zero-order valence-electron chi connectivity index (χ0n) is 17.9. The molecule has 33 heavy (non-hydrogen) atoms. The summed E-state index contributed by atoms with van der Waals surface area (Å²) in [4.78, 5) is 21.4. The Bertz CT molecular complexity index is 1280. The van der Waals surface area contributed by atoms with Gasteiger partial charge in [0.15, 0.2) is 15.2 Å². The first-order valence-corrected chi connectivity index (χ1v) is 13.2. The largest absolute Gasteiger partial charge is 0.295 e. The predicted octanol–water partition coefficient (Wildman–Crippen LogP) is 6.44. The van der Waals surface area contributed by atoms with Crippen molar-refractivity contribution in [3.63, 3.8) is 0 Å². The van der Waals surface area contributed by atoms with Crippen LogP contribution >= 0.6 is 46.5 Å². The summed E-state index contributed by atoms with van der Waals surface area (Å²) >= 11 is 10.5. The second-order valence-corrected chi connectivity index (χ2v) is 10.7. The van der Waals surface area contributed by atoms with Crippen molar-refractivity contribution in [2.75, 3.05) is 5.32 Å². The second-order valence-electron chi connectivity index (χ2n) is 7.17. The molecule has 0 fully saturated rings. The number of carbonyl (C=O) groups is 1. The normalized spacial score (nSPS) is 10.9. The Labute approximate surface area is 209 Å². The van der Waals surface area contributed by atoms with E-state index in [4.69, 9.17) is 11.6 Å². The zero-order chi connectivity index (χ0) is 23.2. The SMILES string of the molecule is Cc1cccc(CSc2nnc(NC(=O)c3nc(SCc4ccccc4C)ncc3Cl)s2)c1. The fraction of sp³-hybridized carbons (Fsp3) is 0.174. The van der Waals surface area contributed by atoms with Crippen molar-refractivity contribution in [1.29, 1.82) is 0 Å². The van der Waals surface area contributed by atoms with Crippen LogP contribution in [-0.2, 0) is 11.5 Å². The van der Waals surface area contributed by atoms with Gasteiger partial charge in [0.2, 0.25) is 5.13 Å². The molecule has 0 atom stereocenters. The minimum atomic E-state index is -0.438. The smallest absolute Gasteiger partial charge is 0.277 e. The first-order valence-electron chi connectivity index (χ1n) is 10.0. The number of thioether (sulfide) groups is 2. The fourth-order valence-electron chi connectivity index (χ4n) is 2.92. The van der Waals surface area contributed by atoms with Crippen LogP contribution in [0.2, 0.25) is 5.02 Å². The molecule has 168 valence electrons. The number of aryl methyl sites for hydroxylation is 2. The molecule has 0 aliphatic carbocycles. The van der Waals surface area contributed by atoms with E-state index in [0.717, 1.165) is 10.1 Å².